The Hall–Kier alpha value is -3.86. The number of hydrogen-bond acceptors (Lipinski definition) is 9. The average Bonchev–Trinajstić information content (AvgIpc) is 2.81. The Morgan fingerprint density at radius 1 is 1.21 bits per heavy atom. The molecule has 11 heteroatoms. The lowest BCUT2D eigenvalue weighted by Crippen LogP contribution is -2.48. The van der Waals surface area contributed by atoms with Gasteiger partial charge in [0.15, 0.2) is 17.4 Å². The van der Waals surface area contributed by atoms with E-state index < -0.39 is 5.82 Å². The number of carbonyl (C=O) groups excluding carboxylic acids is 1. The molecule has 0 spiro atoms. The van der Waals surface area contributed by atoms with Crippen molar-refractivity contribution in [2.45, 2.75) is 26.0 Å². The second-order valence-electron chi connectivity index (χ2n) is 8.31. The molecule has 178 valence electrons. The molecule has 2 N–H and O–H groups in total. The summed E-state index contributed by atoms with van der Waals surface area (Å²) in [6, 6.07) is 7.28. The molecule has 0 aliphatic carbocycles. The molecule has 3 heterocycles. The topological polar surface area (TPSA) is 120 Å². The van der Waals surface area contributed by atoms with Crippen molar-refractivity contribution in [2.75, 3.05) is 37.9 Å². The summed E-state index contributed by atoms with van der Waals surface area (Å²) in [6.45, 7) is 5.05. The van der Waals surface area contributed by atoms with Gasteiger partial charge in [0.2, 0.25) is 5.95 Å². The molecule has 0 radical (unpaired) electrons. The number of ether oxygens (including phenoxy) is 2. The molecule has 3 aromatic rings. The SMILES string of the molecule is CC1CN(c2nc(Oc3ccc(C(=O)N(C)C)cc3F)nc(-c3ccc(N)nc3)n2)C(C)CO1. The van der Waals surface area contributed by atoms with E-state index in [1.807, 2.05) is 18.7 Å². The lowest BCUT2D eigenvalue weighted by atomic mass is 10.2. The van der Waals surface area contributed by atoms with Crippen LogP contribution >= 0.6 is 0 Å². The Morgan fingerprint density at radius 2 is 2.00 bits per heavy atom. The van der Waals surface area contributed by atoms with Crippen molar-refractivity contribution in [3.05, 3.63) is 47.9 Å². The van der Waals surface area contributed by atoms with Gasteiger partial charge in [0.25, 0.3) is 5.91 Å². The van der Waals surface area contributed by atoms with Crippen LogP contribution in [-0.2, 0) is 4.74 Å². The van der Waals surface area contributed by atoms with Crippen LogP contribution in [0.25, 0.3) is 11.4 Å². The first-order valence-corrected chi connectivity index (χ1v) is 10.8. The van der Waals surface area contributed by atoms with E-state index in [9.17, 15) is 9.18 Å². The minimum atomic E-state index is -0.710. The third kappa shape index (κ3) is 5.04. The van der Waals surface area contributed by atoms with Crippen LogP contribution in [0.2, 0.25) is 0 Å². The molecule has 0 bridgehead atoms. The minimum absolute atomic E-state index is 0.0110. The van der Waals surface area contributed by atoms with Crippen molar-refractivity contribution < 1.29 is 18.7 Å². The van der Waals surface area contributed by atoms with Crippen molar-refractivity contribution in [2.24, 2.45) is 0 Å². The Morgan fingerprint density at radius 3 is 2.68 bits per heavy atom. The van der Waals surface area contributed by atoms with E-state index in [4.69, 9.17) is 15.2 Å². The second-order valence-corrected chi connectivity index (χ2v) is 8.31. The number of nitrogen functional groups attached to an aromatic ring is 1. The number of halogens is 1. The third-order valence-electron chi connectivity index (χ3n) is 5.30. The van der Waals surface area contributed by atoms with Crippen molar-refractivity contribution in [1.29, 1.82) is 0 Å². The molecular formula is C23H26FN7O3. The van der Waals surface area contributed by atoms with Gasteiger partial charge in [-0.3, -0.25) is 4.79 Å². The van der Waals surface area contributed by atoms with E-state index in [1.54, 1.807) is 32.4 Å². The number of hydrogen-bond donors (Lipinski definition) is 1. The molecule has 1 amide bonds. The summed E-state index contributed by atoms with van der Waals surface area (Å²) in [6.07, 6.45) is 1.53. The van der Waals surface area contributed by atoms with E-state index in [2.05, 4.69) is 19.9 Å². The first-order chi connectivity index (χ1) is 16.2. The first-order valence-electron chi connectivity index (χ1n) is 10.8. The summed E-state index contributed by atoms with van der Waals surface area (Å²) < 4.78 is 26.2. The highest BCUT2D eigenvalue weighted by Gasteiger charge is 2.27. The predicted molar refractivity (Wildman–Crippen MR) is 124 cm³/mol. The van der Waals surface area contributed by atoms with Crippen molar-refractivity contribution in [1.82, 2.24) is 24.8 Å². The molecule has 1 aliphatic rings. The Kier molecular flexibility index (Phi) is 6.55. The summed E-state index contributed by atoms with van der Waals surface area (Å²) in [7, 11) is 3.19. The standard InChI is InChI=1S/C23H26FN7O3/c1-13-12-33-14(2)11-31(13)22-27-20(16-6-8-19(25)26-10-16)28-23(29-22)34-18-7-5-15(9-17(18)24)21(32)30(3)4/h5-10,13-14H,11-12H2,1-4H3,(H2,25,26). The van der Waals surface area contributed by atoms with Crippen molar-refractivity contribution in [3.8, 4) is 23.1 Å². The smallest absolute Gasteiger partial charge is 0.327 e. The molecule has 0 saturated carbocycles. The highest BCUT2D eigenvalue weighted by Crippen LogP contribution is 2.28. The van der Waals surface area contributed by atoms with Crippen LogP contribution < -0.4 is 15.4 Å². The van der Waals surface area contributed by atoms with E-state index in [0.717, 1.165) is 6.07 Å². The molecule has 2 atom stereocenters. The normalized spacial score (nSPS) is 18.0. The maximum Gasteiger partial charge on any atom is 0.327 e. The zero-order valence-corrected chi connectivity index (χ0v) is 19.4. The van der Waals surface area contributed by atoms with Crippen LogP contribution in [0.4, 0.5) is 16.2 Å². The van der Waals surface area contributed by atoms with Gasteiger partial charge in [-0.15, -0.1) is 0 Å². The van der Waals surface area contributed by atoms with Gasteiger partial charge in [-0.1, -0.05) is 0 Å². The largest absolute Gasteiger partial charge is 0.421 e. The van der Waals surface area contributed by atoms with Gasteiger partial charge in [0, 0.05) is 38.0 Å². The first kappa shape index (κ1) is 23.3. The fraction of sp³-hybridized carbons (Fsp3) is 0.348. The van der Waals surface area contributed by atoms with Crippen LogP contribution in [-0.4, -0.2) is 70.1 Å². The second kappa shape index (κ2) is 9.56. The number of benzene rings is 1. The molecule has 4 rings (SSSR count). The molecule has 1 saturated heterocycles. The minimum Gasteiger partial charge on any atom is -0.421 e. The number of pyridine rings is 1. The molecular weight excluding hydrogens is 441 g/mol. The monoisotopic (exact) mass is 467 g/mol. The van der Waals surface area contributed by atoms with Gasteiger partial charge in [-0.2, -0.15) is 15.0 Å². The number of rotatable bonds is 5. The lowest BCUT2D eigenvalue weighted by molar-refractivity contribution is 0.0336. The van der Waals surface area contributed by atoms with Gasteiger partial charge in [-0.25, -0.2) is 9.37 Å². The van der Waals surface area contributed by atoms with Crippen LogP contribution in [0.5, 0.6) is 11.8 Å². The summed E-state index contributed by atoms with van der Waals surface area (Å²) >= 11 is 0. The Bertz CT molecular complexity index is 1190. The fourth-order valence-electron chi connectivity index (χ4n) is 3.44. The molecule has 2 aromatic heterocycles. The molecule has 2 unspecified atom stereocenters. The Balaban J connectivity index is 1.72. The van der Waals surface area contributed by atoms with E-state index in [0.29, 0.717) is 36.3 Å². The number of nitrogens with zero attached hydrogens (tertiary/aromatic N) is 6. The molecule has 1 aromatic carbocycles. The molecule has 1 aliphatic heterocycles. The van der Waals surface area contributed by atoms with Crippen LogP contribution in [0.3, 0.4) is 0 Å². The number of aromatic nitrogens is 4. The number of anilines is 2. The highest BCUT2D eigenvalue weighted by atomic mass is 19.1. The summed E-state index contributed by atoms with van der Waals surface area (Å²) in [5.74, 6) is -0.102. The summed E-state index contributed by atoms with van der Waals surface area (Å²) in [5, 5.41) is 0. The maximum absolute atomic E-state index is 14.8. The van der Waals surface area contributed by atoms with Gasteiger partial charge < -0.3 is 25.0 Å². The van der Waals surface area contributed by atoms with E-state index >= 15 is 0 Å². The quantitative estimate of drug-likeness (QED) is 0.604. The zero-order chi connectivity index (χ0) is 24.4. The van der Waals surface area contributed by atoms with Crippen molar-refractivity contribution in [3.63, 3.8) is 0 Å². The van der Waals surface area contributed by atoms with E-state index in [1.165, 1.54) is 17.0 Å². The van der Waals surface area contributed by atoms with Gasteiger partial charge >= 0.3 is 6.01 Å². The fourth-order valence-corrected chi connectivity index (χ4v) is 3.44. The highest BCUT2D eigenvalue weighted by molar-refractivity contribution is 5.94. The Labute approximate surface area is 196 Å². The van der Waals surface area contributed by atoms with Crippen molar-refractivity contribution >= 4 is 17.7 Å². The number of nitrogens with two attached hydrogens (primary N) is 1. The average molecular weight is 468 g/mol. The van der Waals surface area contributed by atoms with Crippen LogP contribution in [0.15, 0.2) is 36.5 Å². The molecule has 1 fully saturated rings. The lowest BCUT2D eigenvalue weighted by Gasteiger charge is -2.36. The number of carbonyl (C=O) groups is 1. The third-order valence-corrected chi connectivity index (χ3v) is 5.30. The van der Waals surface area contributed by atoms with Crippen LogP contribution in [0.1, 0.15) is 24.2 Å². The summed E-state index contributed by atoms with van der Waals surface area (Å²) in [5.41, 5.74) is 6.51. The predicted octanol–water partition coefficient (Wildman–Crippen LogP) is 2.76. The van der Waals surface area contributed by atoms with Gasteiger partial charge in [0.1, 0.15) is 5.82 Å². The van der Waals surface area contributed by atoms with Gasteiger partial charge in [0.05, 0.1) is 18.8 Å². The summed E-state index contributed by atoms with van der Waals surface area (Å²) in [4.78, 5) is 33.0. The molecule has 10 nitrogen and oxygen atoms in total. The van der Waals surface area contributed by atoms with Gasteiger partial charge in [-0.05, 0) is 44.2 Å². The number of morpholine rings is 1. The van der Waals surface area contributed by atoms with Crippen LogP contribution in [0, 0.1) is 5.82 Å². The maximum atomic E-state index is 14.8. The molecule has 34 heavy (non-hydrogen) atoms. The zero-order valence-electron chi connectivity index (χ0n) is 19.4. The number of amides is 1. The van der Waals surface area contributed by atoms with E-state index in [-0.39, 0.29) is 35.4 Å².